The molecule has 0 spiro atoms. The minimum Gasteiger partial charge on any atom is -0.340 e. The fourth-order valence-electron chi connectivity index (χ4n) is 1.87. The number of alkyl halides is 1. The van der Waals surface area contributed by atoms with Crippen molar-refractivity contribution in [1.29, 1.82) is 5.26 Å². The van der Waals surface area contributed by atoms with E-state index in [2.05, 4.69) is 6.92 Å². The normalized spacial score (nSPS) is 23.6. The molecule has 0 aliphatic carbocycles. The van der Waals surface area contributed by atoms with Gasteiger partial charge >= 0.3 is 0 Å². The van der Waals surface area contributed by atoms with E-state index >= 15 is 0 Å². The number of likely N-dealkylation sites (tertiary alicyclic amines) is 1. The van der Waals surface area contributed by atoms with Crippen LogP contribution in [0.3, 0.4) is 0 Å². The van der Waals surface area contributed by atoms with Crippen molar-refractivity contribution >= 4 is 17.5 Å². The van der Waals surface area contributed by atoms with Gasteiger partial charge in [0.15, 0.2) is 0 Å². The summed E-state index contributed by atoms with van der Waals surface area (Å²) >= 11 is 5.68. The first-order chi connectivity index (χ1) is 6.67. The van der Waals surface area contributed by atoms with E-state index in [-0.39, 0.29) is 5.91 Å². The summed E-state index contributed by atoms with van der Waals surface area (Å²) < 4.78 is 0. The molecular weight excluding hydrogens is 200 g/mol. The van der Waals surface area contributed by atoms with Crippen LogP contribution in [0.25, 0.3) is 0 Å². The number of nitriles is 1. The summed E-state index contributed by atoms with van der Waals surface area (Å²) in [5.74, 6) is 0.611. The quantitative estimate of drug-likeness (QED) is 0.670. The molecule has 0 N–H and O–H groups in total. The molecule has 4 heteroatoms. The minimum absolute atomic E-state index is 0.143. The first kappa shape index (κ1) is 11.3. The van der Waals surface area contributed by atoms with Crippen LogP contribution in [0.1, 0.15) is 26.2 Å². The second-order valence-corrected chi connectivity index (χ2v) is 4.28. The Bertz CT molecular complexity index is 249. The van der Waals surface area contributed by atoms with Crippen LogP contribution in [0.4, 0.5) is 0 Å². The largest absolute Gasteiger partial charge is 0.340 e. The molecule has 1 heterocycles. The second kappa shape index (κ2) is 5.21. The van der Waals surface area contributed by atoms with Gasteiger partial charge in [-0.05, 0) is 12.3 Å². The Morgan fingerprint density at radius 3 is 3.07 bits per heavy atom. The number of halogens is 1. The number of carbonyl (C=O) groups excluding carboxylic acids is 1. The molecule has 1 rings (SSSR count). The van der Waals surface area contributed by atoms with Crippen molar-refractivity contribution in [2.45, 2.75) is 31.6 Å². The average molecular weight is 215 g/mol. The minimum atomic E-state index is -0.570. The summed E-state index contributed by atoms with van der Waals surface area (Å²) in [5, 5.41) is 7.96. The maximum Gasteiger partial charge on any atom is 0.223 e. The molecule has 0 saturated carbocycles. The summed E-state index contributed by atoms with van der Waals surface area (Å²) in [5.41, 5.74) is 0. The number of rotatable bonds is 4. The highest BCUT2D eigenvalue weighted by Gasteiger charge is 2.29. The molecule has 0 aromatic carbocycles. The molecule has 0 radical (unpaired) electrons. The van der Waals surface area contributed by atoms with Gasteiger partial charge in [-0.25, -0.2) is 0 Å². The van der Waals surface area contributed by atoms with E-state index in [0.29, 0.717) is 18.9 Å². The molecule has 0 aromatic rings. The van der Waals surface area contributed by atoms with Gasteiger partial charge in [0.1, 0.15) is 5.38 Å². The van der Waals surface area contributed by atoms with Crippen molar-refractivity contribution in [2.24, 2.45) is 5.92 Å². The van der Waals surface area contributed by atoms with Gasteiger partial charge in [-0.3, -0.25) is 4.79 Å². The van der Waals surface area contributed by atoms with Gasteiger partial charge in [-0.15, -0.1) is 11.6 Å². The number of nitrogens with zero attached hydrogens (tertiary/aromatic N) is 2. The number of hydrogen-bond acceptors (Lipinski definition) is 2. The van der Waals surface area contributed by atoms with E-state index in [1.807, 2.05) is 6.07 Å². The van der Waals surface area contributed by atoms with Crippen LogP contribution in [0.2, 0.25) is 0 Å². The van der Waals surface area contributed by atoms with E-state index in [1.165, 1.54) is 0 Å². The highest BCUT2D eigenvalue weighted by molar-refractivity contribution is 6.22. The Morgan fingerprint density at radius 1 is 1.79 bits per heavy atom. The van der Waals surface area contributed by atoms with Crippen molar-refractivity contribution in [3.63, 3.8) is 0 Å². The monoisotopic (exact) mass is 214 g/mol. The lowest BCUT2D eigenvalue weighted by atomic mass is 10.0. The maximum atomic E-state index is 11.5. The number of carbonyl (C=O) groups is 1. The summed E-state index contributed by atoms with van der Waals surface area (Å²) in [6, 6.07) is 1.93. The summed E-state index contributed by atoms with van der Waals surface area (Å²) in [6.07, 6.45) is 2.82. The van der Waals surface area contributed by atoms with Crippen LogP contribution >= 0.6 is 11.6 Å². The smallest absolute Gasteiger partial charge is 0.223 e. The third-order valence-electron chi connectivity index (χ3n) is 2.51. The van der Waals surface area contributed by atoms with Gasteiger partial charge in [0, 0.05) is 13.0 Å². The standard InChI is InChI=1S/C10H15ClN2O/c1-2-3-8-4-10(14)13(6-8)7-9(11)5-12/h8-9H,2-4,6-7H2,1H3. The second-order valence-electron chi connectivity index (χ2n) is 3.75. The molecule has 78 valence electrons. The van der Waals surface area contributed by atoms with Crippen LogP contribution in [0.5, 0.6) is 0 Å². The zero-order valence-corrected chi connectivity index (χ0v) is 9.13. The topological polar surface area (TPSA) is 44.1 Å². The van der Waals surface area contributed by atoms with Gasteiger partial charge in [-0.2, -0.15) is 5.26 Å². The third kappa shape index (κ3) is 2.88. The Balaban J connectivity index is 2.41. The zero-order valence-electron chi connectivity index (χ0n) is 8.37. The van der Waals surface area contributed by atoms with Gasteiger partial charge < -0.3 is 4.90 Å². The van der Waals surface area contributed by atoms with Crippen molar-refractivity contribution < 1.29 is 4.79 Å². The van der Waals surface area contributed by atoms with Gasteiger partial charge in [0.05, 0.1) is 12.6 Å². The summed E-state index contributed by atoms with van der Waals surface area (Å²) in [4.78, 5) is 13.2. The maximum absolute atomic E-state index is 11.5. The highest BCUT2D eigenvalue weighted by atomic mass is 35.5. The molecule has 1 fully saturated rings. The van der Waals surface area contributed by atoms with Gasteiger partial charge in [0.25, 0.3) is 0 Å². The number of hydrogen-bond donors (Lipinski definition) is 0. The Morgan fingerprint density at radius 2 is 2.50 bits per heavy atom. The SMILES string of the molecule is CCCC1CC(=O)N(CC(Cl)C#N)C1. The zero-order chi connectivity index (χ0) is 10.6. The molecule has 1 saturated heterocycles. The highest BCUT2D eigenvalue weighted by Crippen LogP contribution is 2.22. The van der Waals surface area contributed by atoms with Crippen molar-refractivity contribution in [3.05, 3.63) is 0 Å². The number of amides is 1. The molecular formula is C10H15ClN2O. The summed E-state index contributed by atoms with van der Waals surface area (Å²) in [7, 11) is 0. The Labute approximate surface area is 89.6 Å². The lowest BCUT2D eigenvalue weighted by Crippen LogP contribution is -2.30. The molecule has 1 aliphatic heterocycles. The van der Waals surface area contributed by atoms with Crippen LogP contribution in [-0.4, -0.2) is 29.3 Å². The molecule has 2 unspecified atom stereocenters. The van der Waals surface area contributed by atoms with E-state index in [4.69, 9.17) is 16.9 Å². The van der Waals surface area contributed by atoms with Crippen LogP contribution in [0, 0.1) is 17.2 Å². The van der Waals surface area contributed by atoms with Gasteiger partial charge in [-0.1, -0.05) is 13.3 Å². The average Bonchev–Trinajstić information content (AvgIpc) is 2.47. The Kier molecular flexibility index (Phi) is 4.21. The molecule has 1 aliphatic rings. The third-order valence-corrected chi connectivity index (χ3v) is 2.75. The molecule has 14 heavy (non-hydrogen) atoms. The lowest BCUT2D eigenvalue weighted by Gasteiger charge is -2.16. The van der Waals surface area contributed by atoms with Gasteiger partial charge in [0.2, 0.25) is 5.91 Å². The molecule has 2 atom stereocenters. The van der Waals surface area contributed by atoms with Crippen molar-refractivity contribution in [2.75, 3.05) is 13.1 Å². The fraction of sp³-hybridized carbons (Fsp3) is 0.800. The van der Waals surface area contributed by atoms with E-state index in [1.54, 1.807) is 4.90 Å². The summed E-state index contributed by atoms with van der Waals surface area (Å²) in [6.45, 7) is 3.27. The molecule has 1 amide bonds. The van der Waals surface area contributed by atoms with Crippen molar-refractivity contribution in [3.8, 4) is 6.07 Å². The van der Waals surface area contributed by atoms with E-state index in [9.17, 15) is 4.79 Å². The molecule has 0 bridgehead atoms. The van der Waals surface area contributed by atoms with Crippen LogP contribution in [-0.2, 0) is 4.79 Å². The molecule has 0 aromatic heterocycles. The predicted octanol–water partition coefficient (Wildman–Crippen LogP) is 1.77. The van der Waals surface area contributed by atoms with E-state index < -0.39 is 5.38 Å². The molecule has 3 nitrogen and oxygen atoms in total. The van der Waals surface area contributed by atoms with E-state index in [0.717, 1.165) is 19.4 Å². The first-order valence-corrected chi connectivity index (χ1v) is 5.42. The van der Waals surface area contributed by atoms with Crippen LogP contribution < -0.4 is 0 Å². The lowest BCUT2D eigenvalue weighted by molar-refractivity contribution is -0.127. The first-order valence-electron chi connectivity index (χ1n) is 4.98. The predicted molar refractivity (Wildman–Crippen MR) is 54.8 cm³/mol. The van der Waals surface area contributed by atoms with Crippen molar-refractivity contribution in [1.82, 2.24) is 4.90 Å². The Hall–Kier alpha value is -0.750. The van der Waals surface area contributed by atoms with Crippen LogP contribution in [0.15, 0.2) is 0 Å². The fourth-order valence-corrected chi connectivity index (χ4v) is 2.03.